The molecule has 3 heteroatoms. The summed E-state index contributed by atoms with van der Waals surface area (Å²) < 4.78 is 0. The van der Waals surface area contributed by atoms with Gasteiger partial charge in [0.05, 0.1) is 5.41 Å². The standard InChI is InChI=1S/C50H33N3/c1-5-16-34(17-6-1)35-28-30-37(31-29-35)48-51-47(36-18-7-2-8-19-36)52-49(53-48)44-26-15-25-42-40(44)32-33-43-41-24-13-14-27-45(41)50(46(42)43,38-20-9-3-10-21-38)39-22-11-4-12-23-39/h1-33H. The molecule has 0 aliphatic heterocycles. The summed E-state index contributed by atoms with van der Waals surface area (Å²) in [5.41, 5.74) is 12.2. The Bertz CT molecular complexity index is 2700. The molecule has 8 aromatic carbocycles. The third-order valence-corrected chi connectivity index (χ3v) is 10.6. The number of fused-ring (bicyclic) bond motifs is 5. The maximum atomic E-state index is 5.22. The highest BCUT2D eigenvalue weighted by Gasteiger charge is 2.47. The molecule has 9 aromatic rings. The molecule has 0 unspecified atom stereocenters. The largest absolute Gasteiger partial charge is 0.208 e. The average Bonchev–Trinajstić information content (AvgIpc) is 3.56. The van der Waals surface area contributed by atoms with Crippen molar-refractivity contribution in [3.05, 3.63) is 222 Å². The van der Waals surface area contributed by atoms with Gasteiger partial charge < -0.3 is 0 Å². The van der Waals surface area contributed by atoms with E-state index < -0.39 is 5.41 Å². The molecule has 0 spiro atoms. The molecule has 3 nitrogen and oxygen atoms in total. The van der Waals surface area contributed by atoms with Crippen molar-refractivity contribution in [1.82, 2.24) is 15.0 Å². The maximum Gasteiger partial charge on any atom is 0.164 e. The van der Waals surface area contributed by atoms with E-state index in [-0.39, 0.29) is 0 Å². The van der Waals surface area contributed by atoms with E-state index in [1.807, 2.05) is 24.3 Å². The average molecular weight is 676 g/mol. The van der Waals surface area contributed by atoms with E-state index in [2.05, 4.69) is 176 Å². The Morgan fingerprint density at radius 2 is 0.755 bits per heavy atom. The van der Waals surface area contributed by atoms with E-state index in [4.69, 9.17) is 15.0 Å². The monoisotopic (exact) mass is 675 g/mol. The Kier molecular flexibility index (Phi) is 7.36. The van der Waals surface area contributed by atoms with E-state index >= 15 is 0 Å². The smallest absolute Gasteiger partial charge is 0.164 e. The van der Waals surface area contributed by atoms with Crippen LogP contribution in [0.3, 0.4) is 0 Å². The summed E-state index contributed by atoms with van der Waals surface area (Å²) >= 11 is 0. The molecular formula is C50H33N3. The second-order valence-electron chi connectivity index (χ2n) is 13.5. The van der Waals surface area contributed by atoms with E-state index in [0.29, 0.717) is 17.5 Å². The molecule has 0 radical (unpaired) electrons. The minimum Gasteiger partial charge on any atom is -0.208 e. The molecular weight excluding hydrogens is 643 g/mol. The summed E-state index contributed by atoms with van der Waals surface area (Å²) in [5.74, 6) is 1.93. The molecule has 0 saturated heterocycles. The fraction of sp³-hybridized carbons (Fsp3) is 0.0200. The second-order valence-corrected chi connectivity index (χ2v) is 13.5. The van der Waals surface area contributed by atoms with Gasteiger partial charge in [-0.25, -0.2) is 15.0 Å². The van der Waals surface area contributed by atoms with Crippen LogP contribution in [0.5, 0.6) is 0 Å². The Balaban J connectivity index is 1.22. The van der Waals surface area contributed by atoms with Crippen molar-refractivity contribution >= 4 is 10.8 Å². The third-order valence-electron chi connectivity index (χ3n) is 10.6. The lowest BCUT2D eigenvalue weighted by Crippen LogP contribution is -2.28. The summed E-state index contributed by atoms with van der Waals surface area (Å²) in [4.78, 5) is 15.4. The van der Waals surface area contributed by atoms with E-state index in [1.54, 1.807) is 0 Å². The lowest BCUT2D eigenvalue weighted by Gasteiger charge is -2.34. The zero-order valence-electron chi connectivity index (χ0n) is 28.9. The molecule has 248 valence electrons. The molecule has 0 atom stereocenters. The van der Waals surface area contributed by atoms with Crippen molar-refractivity contribution in [2.24, 2.45) is 0 Å². The number of aromatic nitrogens is 3. The number of hydrogen-bond donors (Lipinski definition) is 0. The maximum absolute atomic E-state index is 5.22. The Morgan fingerprint density at radius 1 is 0.283 bits per heavy atom. The summed E-state index contributed by atoms with van der Waals surface area (Å²) in [6.07, 6.45) is 0. The van der Waals surface area contributed by atoms with Crippen LogP contribution in [-0.4, -0.2) is 15.0 Å². The highest BCUT2D eigenvalue weighted by Crippen LogP contribution is 2.58. The molecule has 10 rings (SSSR count). The number of rotatable bonds is 6. The number of benzene rings is 8. The molecule has 0 N–H and O–H groups in total. The molecule has 0 bridgehead atoms. The van der Waals surface area contributed by atoms with Gasteiger partial charge >= 0.3 is 0 Å². The Morgan fingerprint density at radius 3 is 1.40 bits per heavy atom. The highest BCUT2D eigenvalue weighted by molar-refractivity contribution is 6.05. The molecule has 0 fully saturated rings. The summed E-state index contributed by atoms with van der Waals surface area (Å²) in [6.45, 7) is 0. The topological polar surface area (TPSA) is 38.7 Å². The van der Waals surface area contributed by atoms with Gasteiger partial charge in [-0.1, -0.05) is 200 Å². The van der Waals surface area contributed by atoms with Crippen molar-refractivity contribution in [3.63, 3.8) is 0 Å². The molecule has 1 aliphatic carbocycles. The molecule has 0 saturated carbocycles. The zero-order chi connectivity index (χ0) is 35.2. The predicted octanol–water partition coefficient (Wildman–Crippen LogP) is 12.1. The molecule has 53 heavy (non-hydrogen) atoms. The van der Waals surface area contributed by atoms with E-state index in [0.717, 1.165) is 27.6 Å². The van der Waals surface area contributed by atoms with Crippen molar-refractivity contribution in [3.8, 4) is 56.4 Å². The van der Waals surface area contributed by atoms with Crippen LogP contribution in [0, 0.1) is 0 Å². The fourth-order valence-corrected chi connectivity index (χ4v) is 8.29. The SMILES string of the molecule is c1ccc(-c2ccc(-c3nc(-c4ccccc4)nc(-c4cccc5c6c(ccc45)-c4ccccc4C6(c4ccccc4)c4ccccc4)n3)cc2)cc1. The normalized spacial score (nSPS) is 12.7. The first kappa shape index (κ1) is 30.8. The van der Waals surface area contributed by atoms with Crippen molar-refractivity contribution in [2.45, 2.75) is 5.41 Å². The molecule has 0 amide bonds. The lowest BCUT2D eigenvalue weighted by atomic mass is 9.66. The minimum atomic E-state index is -0.521. The van der Waals surface area contributed by atoms with Crippen LogP contribution in [0.25, 0.3) is 67.2 Å². The Labute approximate surface area is 309 Å². The first-order chi connectivity index (χ1) is 26.3. The van der Waals surface area contributed by atoms with E-state index in [1.165, 1.54) is 44.3 Å². The Hall–Kier alpha value is -6.97. The van der Waals surface area contributed by atoms with Crippen LogP contribution in [0.15, 0.2) is 200 Å². The van der Waals surface area contributed by atoms with Gasteiger partial charge in [0.1, 0.15) is 0 Å². The number of nitrogens with zero attached hydrogens (tertiary/aromatic N) is 3. The number of hydrogen-bond acceptors (Lipinski definition) is 3. The van der Waals surface area contributed by atoms with Gasteiger partial charge in [-0.05, 0) is 55.3 Å². The van der Waals surface area contributed by atoms with Crippen LogP contribution in [0.4, 0.5) is 0 Å². The van der Waals surface area contributed by atoms with Crippen molar-refractivity contribution in [2.75, 3.05) is 0 Å². The first-order valence-electron chi connectivity index (χ1n) is 18.0. The second kappa shape index (κ2) is 12.7. The van der Waals surface area contributed by atoms with Gasteiger partial charge in [-0.2, -0.15) is 0 Å². The summed E-state index contributed by atoms with van der Waals surface area (Å²) in [5, 5.41) is 2.28. The van der Waals surface area contributed by atoms with Gasteiger partial charge in [0.2, 0.25) is 0 Å². The first-order valence-corrected chi connectivity index (χ1v) is 18.0. The van der Waals surface area contributed by atoms with Crippen LogP contribution in [-0.2, 0) is 5.41 Å². The van der Waals surface area contributed by atoms with Gasteiger partial charge in [-0.15, -0.1) is 0 Å². The fourth-order valence-electron chi connectivity index (χ4n) is 8.29. The minimum absolute atomic E-state index is 0.521. The molecule has 1 heterocycles. The van der Waals surface area contributed by atoms with Gasteiger partial charge in [0, 0.05) is 16.7 Å². The van der Waals surface area contributed by atoms with Crippen LogP contribution >= 0.6 is 0 Å². The van der Waals surface area contributed by atoms with Crippen molar-refractivity contribution in [1.29, 1.82) is 0 Å². The quantitative estimate of drug-likeness (QED) is 0.176. The third kappa shape index (κ3) is 5.01. The molecule has 1 aromatic heterocycles. The van der Waals surface area contributed by atoms with Gasteiger partial charge in [0.15, 0.2) is 17.5 Å². The lowest BCUT2D eigenvalue weighted by molar-refractivity contribution is 0.775. The zero-order valence-corrected chi connectivity index (χ0v) is 28.9. The van der Waals surface area contributed by atoms with Gasteiger partial charge in [-0.3, -0.25) is 0 Å². The van der Waals surface area contributed by atoms with Crippen LogP contribution < -0.4 is 0 Å². The summed E-state index contributed by atoms with van der Waals surface area (Å²) in [6, 6.07) is 71.0. The molecule has 1 aliphatic rings. The van der Waals surface area contributed by atoms with Crippen LogP contribution in [0.1, 0.15) is 22.3 Å². The van der Waals surface area contributed by atoms with Crippen LogP contribution in [0.2, 0.25) is 0 Å². The summed E-state index contributed by atoms with van der Waals surface area (Å²) in [7, 11) is 0. The highest BCUT2D eigenvalue weighted by atomic mass is 15.0. The van der Waals surface area contributed by atoms with E-state index in [9.17, 15) is 0 Å². The van der Waals surface area contributed by atoms with Crippen molar-refractivity contribution < 1.29 is 0 Å². The predicted molar refractivity (Wildman–Crippen MR) is 216 cm³/mol. The van der Waals surface area contributed by atoms with Gasteiger partial charge in [0.25, 0.3) is 0 Å².